The third kappa shape index (κ3) is 3.71. The molecule has 104 valence electrons. The Morgan fingerprint density at radius 3 is 2.90 bits per heavy atom. The van der Waals surface area contributed by atoms with Crippen molar-refractivity contribution >= 4 is 17.4 Å². The zero-order valence-electron chi connectivity index (χ0n) is 11.3. The van der Waals surface area contributed by atoms with E-state index in [4.69, 9.17) is 10.5 Å². The van der Waals surface area contributed by atoms with E-state index in [9.17, 15) is 4.79 Å². The Morgan fingerprint density at radius 1 is 1.35 bits per heavy atom. The average molecular weight is 271 g/mol. The summed E-state index contributed by atoms with van der Waals surface area (Å²) in [5.41, 5.74) is 6.63. The Kier molecular flexibility index (Phi) is 4.55. The van der Waals surface area contributed by atoms with Gasteiger partial charge in [-0.05, 0) is 36.8 Å². The Morgan fingerprint density at radius 2 is 2.20 bits per heavy atom. The van der Waals surface area contributed by atoms with Gasteiger partial charge in [0.05, 0.1) is 18.5 Å². The second-order valence-electron chi connectivity index (χ2n) is 4.30. The molecule has 1 heterocycles. The predicted molar refractivity (Wildman–Crippen MR) is 78.8 cm³/mol. The van der Waals surface area contributed by atoms with Gasteiger partial charge in [-0.25, -0.2) is 4.98 Å². The van der Waals surface area contributed by atoms with E-state index in [1.54, 1.807) is 30.3 Å². The summed E-state index contributed by atoms with van der Waals surface area (Å²) in [6.07, 6.45) is 2.44. The van der Waals surface area contributed by atoms with Crippen molar-refractivity contribution in [3.63, 3.8) is 0 Å². The number of aromatic nitrogens is 1. The Bertz CT molecular complexity index is 582. The van der Waals surface area contributed by atoms with Crippen LogP contribution in [0.4, 0.5) is 11.5 Å². The minimum Gasteiger partial charge on any atom is -0.494 e. The van der Waals surface area contributed by atoms with Crippen LogP contribution >= 0.6 is 0 Å². The van der Waals surface area contributed by atoms with E-state index in [0.29, 0.717) is 29.4 Å². The van der Waals surface area contributed by atoms with Gasteiger partial charge in [-0.3, -0.25) is 4.79 Å². The van der Waals surface area contributed by atoms with E-state index < -0.39 is 0 Å². The van der Waals surface area contributed by atoms with E-state index in [2.05, 4.69) is 10.3 Å². The molecule has 0 fully saturated rings. The number of hydrogen-bond donors (Lipinski definition) is 2. The molecule has 0 aliphatic rings. The number of nitrogen functional groups attached to an aromatic ring is 1. The second kappa shape index (κ2) is 6.56. The minimum atomic E-state index is -0.210. The van der Waals surface area contributed by atoms with Crippen LogP contribution in [0, 0.1) is 0 Å². The van der Waals surface area contributed by atoms with Crippen LogP contribution < -0.4 is 15.8 Å². The van der Waals surface area contributed by atoms with Crippen molar-refractivity contribution in [2.75, 3.05) is 17.7 Å². The highest BCUT2D eigenvalue weighted by molar-refractivity contribution is 6.04. The molecular weight excluding hydrogens is 254 g/mol. The fourth-order valence-electron chi connectivity index (χ4n) is 1.63. The molecule has 1 aromatic carbocycles. The highest BCUT2D eigenvalue weighted by atomic mass is 16.5. The molecule has 0 spiro atoms. The zero-order chi connectivity index (χ0) is 14.4. The van der Waals surface area contributed by atoms with Crippen LogP contribution in [0.15, 0.2) is 42.6 Å². The smallest absolute Gasteiger partial charge is 0.255 e. The van der Waals surface area contributed by atoms with Gasteiger partial charge in [0.1, 0.15) is 11.6 Å². The zero-order valence-corrected chi connectivity index (χ0v) is 11.3. The third-order valence-electron chi connectivity index (χ3n) is 2.61. The molecule has 1 amide bonds. The van der Waals surface area contributed by atoms with Gasteiger partial charge in [0.15, 0.2) is 0 Å². The fourth-order valence-corrected chi connectivity index (χ4v) is 1.63. The van der Waals surface area contributed by atoms with Crippen molar-refractivity contribution in [3.05, 3.63) is 48.2 Å². The van der Waals surface area contributed by atoms with Crippen molar-refractivity contribution in [2.45, 2.75) is 13.3 Å². The maximum atomic E-state index is 12.1. The molecule has 0 aliphatic carbocycles. The first-order valence-electron chi connectivity index (χ1n) is 6.45. The lowest BCUT2D eigenvalue weighted by molar-refractivity contribution is 0.102. The molecule has 0 aliphatic heterocycles. The number of benzene rings is 1. The molecule has 5 nitrogen and oxygen atoms in total. The normalized spacial score (nSPS) is 10.1. The first-order chi connectivity index (χ1) is 9.69. The van der Waals surface area contributed by atoms with Crippen molar-refractivity contribution in [1.82, 2.24) is 4.98 Å². The van der Waals surface area contributed by atoms with E-state index in [1.807, 2.05) is 13.0 Å². The molecule has 0 unspecified atom stereocenters. The molecule has 20 heavy (non-hydrogen) atoms. The van der Waals surface area contributed by atoms with E-state index in [-0.39, 0.29) is 5.91 Å². The number of nitrogens with two attached hydrogens (primary N) is 1. The van der Waals surface area contributed by atoms with Gasteiger partial charge in [0, 0.05) is 5.56 Å². The first kappa shape index (κ1) is 13.9. The molecule has 5 heteroatoms. The highest BCUT2D eigenvalue weighted by Crippen LogP contribution is 2.15. The minimum absolute atomic E-state index is 0.210. The van der Waals surface area contributed by atoms with Gasteiger partial charge in [-0.15, -0.1) is 0 Å². The van der Waals surface area contributed by atoms with Crippen molar-refractivity contribution < 1.29 is 9.53 Å². The number of hydrogen-bond acceptors (Lipinski definition) is 4. The Hall–Kier alpha value is -2.56. The third-order valence-corrected chi connectivity index (χ3v) is 2.61. The van der Waals surface area contributed by atoms with Crippen molar-refractivity contribution in [2.24, 2.45) is 0 Å². The lowest BCUT2D eigenvalue weighted by atomic mass is 10.2. The molecule has 0 saturated carbocycles. The van der Waals surface area contributed by atoms with Crippen LogP contribution in [0.5, 0.6) is 5.75 Å². The molecule has 2 aromatic rings. The molecule has 0 atom stereocenters. The summed E-state index contributed by atoms with van der Waals surface area (Å²) in [5, 5.41) is 2.76. The number of ether oxygens (including phenoxy) is 1. The lowest BCUT2D eigenvalue weighted by Gasteiger charge is -2.08. The van der Waals surface area contributed by atoms with Gasteiger partial charge in [0.2, 0.25) is 0 Å². The summed E-state index contributed by atoms with van der Waals surface area (Å²) in [6.45, 7) is 2.66. The van der Waals surface area contributed by atoms with E-state index >= 15 is 0 Å². The topological polar surface area (TPSA) is 77.2 Å². The molecule has 2 rings (SSSR count). The van der Waals surface area contributed by atoms with Crippen LogP contribution in [0.25, 0.3) is 0 Å². The van der Waals surface area contributed by atoms with Gasteiger partial charge in [0.25, 0.3) is 5.91 Å². The fraction of sp³-hybridized carbons (Fsp3) is 0.200. The molecule has 0 saturated heterocycles. The molecule has 0 bridgehead atoms. The summed E-state index contributed by atoms with van der Waals surface area (Å²) >= 11 is 0. The van der Waals surface area contributed by atoms with Gasteiger partial charge in [-0.1, -0.05) is 13.0 Å². The number of amides is 1. The maximum Gasteiger partial charge on any atom is 0.255 e. The monoisotopic (exact) mass is 271 g/mol. The summed E-state index contributed by atoms with van der Waals surface area (Å²) in [4.78, 5) is 16.0. The van der Waals surface area contributed by atoms with Crippen LogP contribution in [-0.2, 0) is 0 Å². The lowest BCUT2D eigenvalue weighted by Crippen LogP contribution is -2.12. The van der Waals surface area contributed by atoms with Gasteiger partial charge < -0.3 is 15.8 Å². The second-order valence-corrected chi connectivity index (χ2v) is 4.30. The quantitative estimate of drug-likeness (QED) is 0.876. The first-order valence-corrected chi connectivity index (χ1v) is 6.45. The number of carbonyl (C=O) groups excluding carboxylic acids is 1. The number of nitrogens with zero attached hydrogens (tertiary/aromatic N) is 1. The average Bonchev–Trinajstić information content (AvgIpc) is 2.48. The van der Waals surface area contributed by atoms with Crippen molar-refractivity contribution in [1.29, 1.82) is 0 Å². The Balaban J connectivity index is 2.06. The number of pyridine rings is 1. The van der Waals surface area contributed by atoms with Crippen LogP contribution in [0.1, 0.15) is 23.7 Å². The number of nitrogens with one attached hydrogen (secondary N) is 1. The predicted octanol–water partition coefficient (Wildman–Crippen LogP) is 2.70. The van der Waals surface area contributed by atoms with Gasteiger partial charge >= 0.3 is 0 Å². The molecule has 0 radical (unpaired) electrons. The summed E-state index contributed by atoms with van der Waals surface area (Å²) in [6, 6.07) is 10.4. The van der Waals surface area contributed by atoms with Gasteiger partial charge in [-0.2, -0.15) is 0 Å². The summed E-state index contributed by atoms with van der Waals surface area (Å²) in [7, 11) is 0. The van der Waals surface area contributed by atoms with E-state index in [1.165, 1.54) is 6.20 Å². The van der Waals surface area contributed by atoms with E-state index in [0.717, 1.165) is 6.42 Å². The van der Waals surface area contributed by atoms with Crippen LogP contribution in [0.2, 0.25) is 0 Å². The summed E-state index contributed by atoms with van der Waals surface area (Å²) in [5.74, 6) is 0.895. The number of anilines is 2. The van der Waals surface area contributed by atoms with Crippen molar-refractivity contribution in [3.8, 4) is 5.75 Å². The number of rotatable bonds is 5. The summed E-state index contributed by atoms with van der Waals surface area (Å²) < 4.78 is 5.50. The molecule has 3 N–H and O–H groups in total. The molecule has 1 aromatic heterocycles. The molecular formula is C15H17N3O2. The standard InChI is InChI=1S/C15H17N3O2/c1-2-8-20-13-5-3-4-11(9-13)15(19)18-12-6-7-14(16)17-10-12/h3-7,9-10H,2,8H2,1H3,(H2,16,17)(H,18,19). The SMILES string of the molecule is CCCOc1cccc(C(=O)Nc2ccc(N)nc2)c1. The van der Waals surface area contributed by atoms with Crippen LogP contribution in [-0.4, -0.2) is 17.5 Å². The highest BCUT2D eigenvalue weighted by Gasteiger charge is 2.07. The Labute approximate surface area is 117 Å². The van der Waals surface area contributed by atoms with Crippen LogP contribution in [0.3, 0.4) is 0 Å². The maximum absolute atomic E-state index is 12.1. The number of carbonyl (C=O) groups is 1. The largest absolute Gasteiger partial charge is 0.494 e.